The highest BCUT2D eigenvalue weighted by Crippen LogP contribution is 2.21. The number of nitrogens with zero attached hydrogens (tertiary/aromatic N) is 1. The Hall–Kier alpha value is -1.51. The third kappa shape index (κ3) is 2.49. The number of anilines is 1. The summed E-state index contributed by atoms with van der Waals surface area (Å²) in [5.74, 6) is 8.55. The van der Waals surface area contributed by atoms with Gasteiger partial charge in [-0.05, 0) is 12.8 Å². The second kappa shape index (κ2) is 5.27. The molecule has 0 aliphatic rings. The van der Waals surface area contributed by atoms with Crippen molar-refractivity contribution in [2.75, 3.05) is 5.73 Å². The van der Waals surface area contributed by atoms with Crippen molar-refractivity contribution >= 4 is 5.82 Å². The number of hydrazine groups is 1. The van der Waals surface area contributed by atoms with Gasteiger partial charge in [-0.2, -0.15) is 5.10 Å². The minimum absolute atomic E-state index is 0.0158. The lowest BCUT2D eigenvalue weighted by Gasteiger charge is -2.13. The van der Waals surface area contributed by atoms with Crippen molar-refractivity contribution in [2.24, 2.45) is 5.84 Å². The fraction of sp³-hybridized carbons (Fsp3) is 0.444. The monoisotopic (exact) mass is 193 g/mol. The molecule has 0 aliphatic heterocycles. The molecule has 0 aromatic carbocycles. The molecule has 1 aromatic heterocycles. The van der Waals surface area contributed by atoms with E-state index in [0.29, 0.717) is 5.82 Å². The zero-order valence-corrected chi connectivity index (χ0v) is 7.96. The summed E-state index contributed by atoms with van der Waals surface area (Å²) < 4.78 is 0. The van der Waals surface area contributed by atoms with Gasteiger partial charge in [0.15, 0.2) is 0 Å². The molecule has 1 atom stereocenters. The van der Waals surface area contributed by atoms with Crippen LogP contribution in [-0.2, 0) is 0 Å². The Morgan fingerprint density at radius 3 is 3.00 bits per heavy atom. The van der Waals surface area contributed by atoms with Gasteiger partial charge in [-0.25, -0.2) is 0 Å². The maximum absolute atomic E-state index is 5.67. The molecule has 5 nitrogen and oxygen atoms in total. The summed E-state index contributed by atoms with van der Waals surface area (Å²) in [5, 5.41) is 6.50. The highest BCUT2D eigenvalue weighted by atomic mass is 15.2. The van der Waals surface area contributed by atoms with Crippen LogP contribution in [0.25, 0.3) is 0 Å². The largest absolute Gasteiger partial charge is 0.384 e. The lowest BCUT2D eigenvalue weighted by molar-refractivity contribution is 0.504. The number of H-pyrrole nitrogens is 1. The number of nitrogen functional groups attached to an aromatic ring is 1. The molecule has 0 aliphatic carbocycles. The van der Waals surface area contributed by atoms with Gasteiger partial charge in [-0.15, -0.1) is 12.3 Å². The summed E-state index contributed by atoms with van der Waals surface area (Å²) in [5.41, 5.74) is 9.26. The van der Waals surface area contributed by atoms with E-state index in [1.807, 2.05) is 0 Å². The molecule has 0 radical (unpaired) electrons. The van der Waals surface area contributed by atoms with Crippen LogP contribution in [0.5, 0.6) is 0 Å². The zero-order chi connectivity index (χ0) is 10.4. The average molecular weight is 193 g/mol. The van der Waals surface area contributed by atoms with Crippen molar-refractivity contribution in [3.05, 3.63) is 11.8 Å². The Kier molecular flexibility index (Phi) is 3.98. The summed E-state index contributed by atoms with van der Waals surface area (Å²) >= 11 is 0. The Morgan fingerprint density at radius 2 is 2.50 bits per heavy atom. The van der Waals surface area contributed by atoms with Crippen molar-refractivity contribution in [1.82, 2.24) is 15.6 Å². The van der Waals surface area contributed by atoms with Gasteiger partial charge in [-0.1, -0.05) is 0 Å². The van der Waals surface area contributed by atoms with Crippen molar-refractivity contribution in [3.8, 4) is 12.3 Å². The van der Waals surface area contributed by atoms with Gasteiger partial charge in [0.05, 0.1) is 12.2 Å². The molecule has 6 N–H and O–H groups in total. The van der Waals surface area contributed by atoms with Crippen molar-refractivity contribution in [3.63, 3.8) is 0 Å². The topological polar surface area (TPSA) is 92.7 Å². The van der Waals surface area contributed by atoms with Gasteiger partial charge in [0.25, 0.3) is 0 Å². The summed E-state index contributed by atoms with van der Waals surface area (Å²) in [6, 6.07) is 0.0158. The highest BCUT2D eigenvalue weighted by Gasteiger charge is 2.13. The Balaban J connectivity index is 2.55. The van der Waals surface area contributed by atoms with E-state index in [1.165, 1.54) is 0 Å². The molecule has 1 heterocycles. The second-order valence-electron chi connectivity index (χ2n) is 3.05. The van der Waals surface area contributed by atoms with E-state index in [1.54, 1.807) is 6.20 Å². The smallest absolute Gasteiger partial charge is 0.123 e. The zero-order valence-electron chi connectivity index (χ0n) is 7.96. The fourth-order valence-electron chi connectivity index (χ4n) is 1.32. The highest BCUT2D eigenvalue weighted by molar-refractivity contribution is 5.39. The summed E-state index contributed by atoms with van der Waals surface area (Å²) in [4.78, 5) is 0. The number of nitrogens with two attached hydrogens (primary N) is 2. The first kappa shape index (κ1) is 10.6. The van der Waals surface area contributed by atoms with Crippen molar-refractivity contribution in [1.29, 1.82) is 0 Å². The van der Waals surface area contributed by atoms with E-state index >= 15 is 0 Å². The lowest BCUT2D eigenvalue weighted by atomic mass is 10.0. The SMILES string of the molecule is C#CCCCC(NN)c1cn[nH]c1N. The predicted molar refractivity (Wildman–Crippen MR) is 55.7 cm³/mol. The number of aromatic amines is 1. The van der Waals surface area contributed by atoms with Gasteiger partial charge >= 0.3 is 0 Å². The molecule has 0 fully saturated rings. The molecule has 0 saturated heterocycles. The molecule has 0 saturated carbocycles. The predicted octanol–water partition coefficient (Wildman–Crippen LogP) is 0.300. The number of rotatable bonds is 5. The molecular formula is C9H15N5. The maximum atomic E-state index is 5.67. The van der Waals surface area contributed by atoms with Gasteiger partial charge in [0.1, 0.15) is 5.82 Å². The first-order chi connectivity index (χ1) is 6.79. The third-order valence-electron chi connectivity index (χ3n) is 2.09. The Morgan fingerprint density at radius 1 is 1.71 bits per heavy atom. The summed E-state index contributed by atoms with van der Waals surface area (Å²) in [6.45, 7) is 0. The van der Waals surface area contributed by atoms with Crippen molar-refractivity contribution in [2.45, 2.75) is 25.3 Å². The molecule has 1 aromatic rings. The van der Waals surface area contributed by atoms with Crippen LogP contribution in [0, 0.1) is 12.3 Å². The number of nitrogens with one attached hydrogen (secondary N) is 2. The number of hydrogen-bond donors (Lipinski definition) is 4. The van der Waals surface area contributed by atoms with Crippen LogP contribution in [0.15, 0.2) is 6.20 Å². The molecule has 0 spiro atoms. The van der Waals surface area contributed by atoms with Crippen LogP contribution < -0.4 is 17.0 Å². The summed E-state index contributed by atoms with van der Waals surface area (Å²) in [6.07, 6.45) is 9.35. The summed E-state index contributed by atoms with van der Waals surface area (Å²) in [7, 11) is 0. The Bertz CT molecular complexity index is 311. The molecule has 5 heteroatoms. The van der Waals surface area contributed by atoms with Crippen molar-refractivity contribution < 1.29 is 0 Å². The number of unbranched alkanes of at least 4 members (excludes halogenated alkanes) is 1. The van der Waals surface area contributed by atoms with E-state index in [9.17, 15) is 0 Å². The third-order valence-corrected chi connectivity index (χ3v) is 2.09. The van der Waals surface area contributed by atoms with E-state index < -0.39 is 0 Å². The fourth-order valence-corrected chi connectivity index (χ4v) is 1.32. The standard InChI is InChI=1S/C9H15N5/c1-2-3-4-5-8(13-11)7-6-12-14-9(7)10/h1,6,8,13H,3-5,11H2,(H3,10,12,14). The molecule has 1 unspecified atom stereocenters. The quantitative estimate of drug-likeness (QED) is 0.234. The van der Waals surface area contributed by atoms with Crippen LogP contribution in [0.4, 0.5) is 5.82 Å². The molecular weight excluding hydrogens is 178 g/mol. The van der Waals surface area contributed by atoms with E-state index in [2.05, 4.69) is 21.5 Å². The van der Waals surface area contributed by atoms with Gasteiger partial charge in [-0.3, -0.25) is 16.4 Å². The van der Waals surface area contributed by atoms with Crippen LogP contribution in [0.1, 0.15) is 30.9 Å². The molecule has 76 valence electrons. The minimum atomic E-state index is 0.0158. The second-order valence-corrected chi connectivity index (χ2v) is 3.05. The molecule has 1 rings (SSSR count). The van der Waals surface area contributed by atoms with E-state index in [4.69, 9.17) is 18.0 Å². The Labute approximate surface area is 83.2 Å². The average Bonchev–Trinajstić information content (AvgIpc) is 2.60. The van der Waals surface area contributed by atoms with Gasteiger partial charge in [0, 0.05) is 12.0 Å². The van der Waals surface area contributed by atoms with Crippen LogP contribution >= 0.6 is 0 Å². The van der Waals surface area contributed by atoms with E-state index in [0.717, 1.165) is 24.8 Å². The van der Waals surface area contributed by atoms with Crippen LogP contribution in [0.3, 0.4) is 0 Å². The van der Waals surface area contributed by atoms with Gasteiger partial charge < -0.3 is 5.73 Å². The van der Waals surface area contributed by atoms with Crippen LogP contribution in [-0.4, -0.2) is 10.2 Å². The van der Waals surface area contributed by atoms with Crippen LogP contribution in [0.2, 0.25) is 0 Å². The first-order valence-corrected chi connectivity index (χ1v) is 4.48. The first-order valence-electron chi connectivity index (χ1n) is 4.48. The minimum Gasteiger partial charge on any atom is -0.384 e. The lowest BCUT2D eigenvalue weighted by Crippen LogP contribution is -2.28. The normalized spacial score (nSPS) is 12.3. The van der Waals surface area contributed by atoms with Gasteiger partial charge in [0.2, 0.25) is 0 Å². The molecule has 14 heavy (non-hydrogen) atoms. The number of hydrogen-bond acceptors (Lipinski definition) is 4. The number of terminal acetylenes is 1. The molecule has 0 bridgehead atoms. The number of aromatic nitrogens is 2. The molecule has 0 amide bonds. The maximum Gasteiger partial charge on any atom is 0.123 e. The van der Waals surface area contributed by atoms with E-state index in [-0.39, 0.29) is 6.04 Å².